The average Bonchev–Trinajstić information content (AvgIpc) is 2.92. The summed E-state index contributed by atoms with van der Waals surface area (Å²) in [7, 11) is -7.80. The Balaban J connectivity index is 0. The fourth-order valence-electron chi connectivity index (χ4n) is 3.54. The molecular formula is C28H44NaO10PS. The number of ether oxygens (including phenoxy) is 2. The molecule has 4 atom stereocenters. The van der Waals surface area contributed by atoms with Crippen molar-refractivity contribution >= 4 is 36.4 Å². The van der Waals surface area contributed by atoms with E-state index in [2.05, 4.69) is 18.4 Å². The standard InChI is InChI=1S/C20H38O7S.C8H7O3P.Na/c1-5-9-11-16(7-3)14-26-19(21)13-18(28(23,24)25)20(22)27-15-17(8-4)12-10-6-2;9-12(10)11-7-6-8-4-2-1-3-5-8;/h16-18H,5-15H2,1-4H3,(H,23,24,25);1-7H;/q;;+1/p-1/b;7-6+;. The Hall–Kier alpha value is -1.33. The quantitative estimate of drug-likeness (QED) is 0.0734. The Kier molecular flexibility index (Phi) is 25.7. The summed E-state index contributed by atoms with van der Waals surface area (Å²) >= 11 is 0. The van der Waals surface area contributed by atoms with Crippen molar-refractivity contribution in [3.63, 3.8) is 0 Å². The van der Waals surface area contributed by atoms with Gasteiger partial charge in [-0.05, 0) is 40.9 Å². The van der Waals surface area contributed by atoms with E-state index in [4.69, 9.17) is 9.47 Å². The molecule has 0 aliphatic carbocycles. The first kappa shape index (κ1) is 41.8. The van der Waals surface area contributed by atoms with Crippen molar-refractivity contribution in [2.45, 2.75) is 90.7 Å². The summed E-state index contributed by atoms with van der Waals surface area (Å²) in [6.07, 6.45) is 9.30. The Morgan fingerprint density at radius 2 is 1.44 bits per heavy atom. The topological polar surface area (TPSA) is 159 Å². The monoisotopic (exact) mass is 626 g/mol. The minimum absolute atomic E-state index is 0. The molecule has 228 valence electrons. The molecule has 0 aliphatic heterocycles. The van der Waals surface area contributed by atoms with Crippen LogP contribution in [0.3, 0.4) is 0 Å². The van der Waals surface area contributed by atoms with Crippen molar-refractivity contribution < 1.29 is 75.6 Å². The molecule has 0 N–H and O–H groups in total. The van der Waals surface area contributed by atoms with E-state index in [0.717, 1.165) is 63.2 Å². The molecule has 0 fully saturated rings. The fraction of sp³-hybridized carbons (Fsp3) is 0.643. The maximum Gasteiger partial charge on any atom is 1.00 e. The van der Waals surface area contributed by atoms with Crippen molar-refractivity contribution in [3.8, 4) is 0 Å². The van der Waals surface area contributed by atoms with Gasteiger partial charge in [-0.3, -0.25) is 14.1 Å². The molecule has 41 heavy (non-hydrogen) atoms. The largest absolute Gasteiger partial charge is 1.00 e. The molecule has 0 saturated heterocycles. The van der Waals surface area contributed by atoms with Crippen LogP contribution >= 0.6 is 8.25 Å². The summed E-state index contributed by atoms with van der Waals surface area (Å²) in [5.41, 5.74) is 0.898. The molecule has 4 unspecified atom stereocenters. The zero-order chi connectivity index (χ0) is 30.4. The van der Waals surface area contributed by atoms with E-state index < -0.39 is 42.0 Å². The number of rotatable bonds is 19. The third-order valence-electron chi connectivity index (χ3n) is 6.20. The van der Waals surface area contributed by atoms with Crippen LogP contribution < -0.4 is 34.5 Å². The van der Waals surface area contributed by atoms with Gasteiger partial charge in [-0.1, -0.05) is 96.6 Å². The number of esters is 2. The van der Waals surface area contributed by atoms with Gasteiger partial charge in [0.05, 0.1) is 19.6 Å². The van der Waals surface area contributed by atoms with E-state index in [1.165, 1.54) is 0 Å². The van der Waals surface area contributed by atoms with Gasteiger partial charge in [-0.25, -0.2) is 8.42 Å². The predicted molar refractivity (Wildman–Crippen MR) is 151 cm³/mol. The van der Waals surface area contributed by atoms with Crippen molar-refractivity contribution in [1.82, 2.24) is 0 Å². The summed E-state index contributed by atoms with van der Waals surface area (Å²) in [5, 5.41) is -2.06. The van der Waals surface area contributed by atoms with Gasteiger partial charge in [0.1, 0.15) is 10.1 Å². The molecule has 10 nitrogen and oxygen atoms in total. The molecule has 0 aromatic heterocycles. The Bertz CT molecular complexity index is 989. The minimum atomic E-state index is -5.01. The van der Waals surface area contributed by atoms with Crippen LogP contribution in [0.4, 0.5) is 0 Å². The Morgan fingerprint density at radius 3 is 1.88 bits per heavy atom. The Labute approximate surface area is 268 Å². The van der Waals surface area contributed by atoms with E-state index >= 15 is 0 Å². The zero-order valence-corrected chi connectivity index (χ0v) is 28.7. The third-order valence-corrected chi connectivity index (χ3v) is 7.55. The van der Waals surface area contributed by atoms with Crippen LogP contribution in [-0.2, 0) is 38.3 Å². The van der Waals surface area contributed by atoms with Gasteiger partial charge in [0.25, 0.3) is 0 Å². The van der Waals surface area contributed by atoms with Crippen LogP contribution in [0.1, 0.15) is 91.0 Å². The van der Waals surface area contributed by atoms with E-state index in [0.29, 0.717) is 0 Å². The number of hydrogen-bond donors (Lipinski definition) is 0. The molecule has 0 saturated carbocycles. The number of carbonyl (C=O) groups excluding carboxylic acids is 2. The smallest absolute Gasteiger partial charge is 0.747 e. The molecule has 13 heteroatoms. The molecule has 1 rings (SSSR count). The van der Waals surface area contributed by atoms with Crippen molar-refractivity contribution in [1.29, 1.82) is 0 Å². The van der Waals surface area contributed by atoms with Crippen molar-refractivity contribution in [2.24, 2.45) is 11.8 Å². The maximum absolute atomic E-state index is 12.1. The zero-order valence-electron chi connectivity index (χ0n) is 25.0. The molecule has 0 spiro atoms. The van der Waals surface area contributed by atoms with Crippen LogP contribution in [-0.4, -0.2) is 43.4 Å². The van der Waals surface area contributed by atoms with Crippen LogP contribution in [0.25, 0.3) is 6.08 Å². The first-order chi connectivity index (χ1) is 19.0. The van der Waals surface area contributed by atoms with Gasteiger partial charge in [0, 0.05) is 0 Å². The summed E-state index contributed by atoms with van der Waals surface area (Å²) in [6, 6.07) is 9.29. The molecule has 0 heterocycles. The number of benzene rings is 1. The summed E-state index contributed by atoms with van der Waals surface area (Å²) in [4.78, 5) is 34.1. The number of carbonyl (C=O) groups is 2. The summed E-state index contributed by atoms with van der Waals surface area (Å²) in [6.45, 7) is 8.26. The molecule has 1 aromatic rings. The number of unbranched alkanes of at least 4 members (excludes halogenated alkanes) is 2. The van der Waals surface area contributed by atoms with Gasteiger partial charge < -0.3 is 18.9 Å². The summed E-state index contributed by atoms with van der Waals surface area (Å²) < 4.78 is 58.7. The molecule has 0 bridgehead atoms. The van der Waals surface area contributed by atoms with E-state index in [1.54, 1.807) is 6.08 Å². The molecule has 1 aromatic carbocycles. The number of hydrogen-bond acceptors (Lipinski definition) is 10. The van der Waals surface area contributed by atoms with Crippen LogP contribution in [0.5, 0.6) is 0 Å². The first-order valence-corrected chi connectivity index (χ1v) is 16.3. The second kappa shape index (κ2) is 25.2. The van der Waals surface area contributed by atoms with Gasteiger partial charge in [-0.15, -0.1) is 0 Å². The molecule has 0 radical (unpaired) electrons. The Morgan fingerprint density at radius 1 is 0.927 bits per heavy atom. The third kappa shape index (κ3) is 22.0. The van der Waals surface area contributed by atoms with Crippen LogP contribution in [0, 0.1) is 11.8 Å². The normalized spacial score (nSPS) is 13.6. The summed E-state index contributed by atoms with van der Waals surface area (Å²) in [5.74, 6) is -1.74. The van der Waals surface area contributed by atoms with E-state index in [1.807, 2.05) is 44.2 Å². The van der Waals surface area contributed by atoms with Gasteiger partial charge in [0.15, 0.2) is 11.5 Å². The van der Waals surface area contributed by atoms with E-state index in [9.17, 15) is 32.0 Å². The second-order valence-electron chi connectivity index (χ2n) is 9.37. The molecule has 0 aliphatic rings. The van der Waals surface area contributed by atoms with Crippen molar-refractivity contribution in [2.75, 3.05) is 13.2 Å². The second-order valence-corrected chi connectivity index (χ2v) is 11.6. The van der Waals surface area contributed by atoms with Gasteiger partial charge in [0.2, 0.25) is 0 Å². The first-order valence-electron chi connectivity index (χ1n) is 13.8. The van der Waals surface area contributed by atoms with Gasteiger partial charge >= 0.3 is 49.8 Å². The van der Waals surface area contributed by atoms with Crippen LogP contribution in [0.2, 0.25) is 0 Å². The fourth-order valence-corrected chi connectivity index (χ4v) is 4.34. The van der Waals surface area contributed by atoms with E-state index in [-0.39, 0.29) is 54.6 Å². The van der Waals surface area contributed by atoms with Gasteiger partial charge in [-0.2, -0.15) is 0 Å². The van der Waals surface area contributed by atoms with Crippen molar-refractivity contribution in [3.05, 3.63) is 42.2 Å². The SMILES string of the molecule is CCCCC(CC)COC(=O)CC(C(=O)OCC(CC)CCCC)S(=O)(=O)[O-].O=[P+]([O-])O/C=C/c1ccccc1.[Na+]. The molecule has 0 amide bonds. The molecular weight excluding hydrogens is 582 g/mol. The van der Waals surface area contributed by atoms with Crippen LogP contribution in [0.15, 0.2) is 36.6 Å². The predicted octanol–water partition coefficient (Wildman–Crippen LogP) is 2.51. The minimum Gasteiger partial charge on any atom is -0.747 e. The maximum atomic E-state index is 12.1. The average molecular weight is 627 g/mol.